The first-order valence-corrected chi connectivity index (χ1v) is 7.73. The third-order valence-electron chi connectivity index (χ3n) is 3.33. The monoisotopic (exact) mass is 349 g/mol. The molecule has 0 amide bonds. The highest BCUT2D eigenvalue weighted by atomic mass is 79.9. The molecule has 1 unspecified atom stereocenters. The Bertz CT molecular complexity index is 601. The van der Waals surface area contributed by atoms with Gasteiger partial charge < -0.3 is 14.8 Å². The van der Waals surface area contributed by atoms with Crippen molar-refractivity contribution in [2.24, 2.45) is 0 Å². The fraction of sp³-hybridized carbons (Fsp3) is 0.294. The SMILES string of the molecule is CCOc1ccccc1C(NC)c1cc(OC)ccc1Br. The minimum Gasteiger partial charge on any atom is -0.497 e. The van der Waals surface area contributed by atoms with E-state index < -0.39 is 0 Å². The average molecular weight is 350 g/mol. The molecule has 0 saturated heterocycles. The molecular weight excluding hydrogens is 330 g/mol. The summed E-state index contributed by atoms with van der Waals surface area (Å²) in [4.78, 5) is 0. The molecule has 3 nitrogen and oxygen atoms in total. The highest BCUT2D eigenvalue weighted by Crippen LogP contribution is 2.35. The number of para-hydroxylation sites is 1. The predicted octanol–water partition coefficient (Wildman–Crippen LogP) is 4.17. The van der Waals surface area contributed by atoms with E-state index in [1.807, 2.05) is 50.4 Å². The maximum atomic E-state index is 5.75. The van der Waals surface area contributed by atoms with Gasteiger partial charge in [-0.05, 0) is 43.8 Å². The number of hydrogen-bond donors (Lipinski definition) is 1. The molecule has 2 aromatic carbocycles. The lowest BCUT2D eigenvalue weighted by atomic mass is 9.97. The zero-order chi connectivity index (χ0) is 15.2. The van der Waals surface area contributed by atoms with Crippen LogP contribution in [0.1, 0.15) is 24.1 Å². The van der Waals surface area contributed by atoms with Crippen molar-refractivity contribution in [3.63, 3.8) is 0 Å². The van der Waals surface area contributed by atoms with Crippen LogP contribution in [0.4, 0.5) is 0 Å². The van der Waals surface area contributed by atoms with Crippen LogP contribution in [0, 0.1) is 0 Å². The molecular formula is C17H20BrNO2. The molecule has 0 heterocycles. The second-order valence-corrected chi connectivity index (χ2v) is 5.43. The fourth-order valence-electron chi connectivity index (χ4n) is 2.35. The van der Waals surface area contributed by atoms with Gasteiger partial charge in [0.15, 0.2) is 0 Å². The van der Waals surface area contributed by atoms with Crippen molar-refractivity contribution in [3.8, 4) is 11.5 Å². The summed E-state index contributed by atoms with van der Waals surface area (Å²) in [5.41, 5.74) is 2.22. The summed E-state index contributed by atoms with van der Waals surface area (Å²) in [5.74, 6) is 1.73. The second-order valence-electron chi connectivity index (χ2n) is 4.58. The summed E-state index contributed by atoms with van der Waals surface area (Å²) in [7, 11) is 3.62. The number of nitrogens with one attached hydrogen (secondary N) is 1. The molecule has 0 radical (unpaired) electrons. The normalized spacial score (nSPS) is 12.0. The van der Waals surface area contributed by atoms with Crippen LogP contribution in [-0.4, -0.2) is 20.8 Å². The molecule has 2 rings (SSSR count). The van der Waals surface area contributed by atoms with Gasteiger partial charge >= 0.3 is 0 Å². The number of ether oxygens (including phenoxy) is 2. The first-order chi connectivity index (χ1) is 10.2. The molecule has 1 N–H and O–H groups in total. The van der Waals surface area contributed by atoms with Gasteiger partial charge in [0.1, 0.15) is 11.5 Å². The van der Waals surface area contributed by atoms with E-state index in [4.69, 9.17) is 9.47 Å². The van der Waals surface area contributed by atoms with Gasteiger partial charge in [-0.3, -0.25) is 0 Å². The van der Waals surface area contributed by atoms with Crippen molar-refractivity contribution in [1.29, 1.82) is 0 Å². The van der Waals surface area contributed by atoms with Gasteiger partial charge in [0.05, 0.1) is 19.8 Å². The van der Waals surface area contributed by atoms with E-state index in [2.05, 4.69) is 27.3 Å². The quantitative estimate of drug-likeness (QED) is 0.848. The Balaban J connectivity index is 2.49. The van der Waals surface area contributed by atoms with Crippen LogP contribution < -0.4 is 14.8 Å². The topological polar surface area (TPSA) is 30.5 Å². The zero-order valence-electron chi connectivity index (χ0n) is 12.5. The molecule has 0 fully saturated rings. The summed E-state index contributed by atoms with van der Waals surface area (Å²) in [5, 5.41) is 3.36. The second kappa shape index (κ2) is 7.48. The Morgan fingerprint density at radius 1 is 1.14 bits per heavy atom. The van der Waals surface area contributed by atoms with Crippen LogP contribution >= 0.6 is 15.9 Å². The molecule has 21 heavy (non-hydrogen) atoms. The summed E-state index contributed by atoms with van der Waals surface area (Å²) in [6.45, 7) is 2.64. The number of hydrogen-bond acceptors (Lipinski definition) is 3. The Morgan fingerprint density at radius 2 is 1.90 bits per heavy atom. The smallest absolute Gasteiger partial charge is 0.124 e. The van der Waals surface area contributed by atoms with Gasteiger partial charge in [0.2, 0.25) is 0 Å². The van der Waals surface area contributed by atoms with Crippen LogP contribution in [0.3, 0.4) is 0 Å². The van der Waals surface area contributed by atoms with Gasteiger partial charge in [0, 0.05) is 10.0 Å². The lowest BCUT2D eigenvalue weighted by Crippen LogP contribution is -2.19. The molecule has 112 valence electrons. The van der Waals surface area contributed by atoms with Crippen molar-refractivity contribution in [1.82, 2.24) is 5.32 Å². The molecule has 0 aliphatic rings. The van der Waals surface area contributed by atoms with Crippen molar-refractivity contribution in [3.05, 3.63) is 58.1 Å². The lowest BCUT2D eigenvalue weighted by Gasteiger charge is -2.22. The Morgan fingerprint density at radius 3 is 2.57 bits per heavy atom. The Kier molecular flexibility index (Phi) is 5.65. The number of benzene rings is 2. The van der Waals surface area contributed by atoms with Gasteiger partial charge in [-0.1, -0.05) is 34.1 Å². The molecule has 0 aromatic heterocycles. The zero-order valence-corrected chi connectivity index (χ0v) is 14.1. The van der Waals surface area contributed by atoms with Crippen molar-refractivity contribution >= 4 is 15.9 Å². The molecule has 0 bridgehead atoms. The standard InChI is InChI=1S/C17H20BrNO2/c1-4-21-16-8-6-5-7-13(16)17(19-2)14-11-12(20-3)9-10-15(14)18/h5-11,17,19H,4H2,1-3H3. The van der Waals surface area contributed by atoms with Crippen LogP contribution in [0.2, 0.25) is 0 Å². The molecule has 2 aromatic rings. The highest BCUT2D eigenvalue weighted by Gasteiger charge is 2.19. The van der Waals surface area contributed by atoms with E-state index in [0.717, 1.165) is 27.1 Å². The lowest BCUT2D eigenvalue weighted by molar-refractivity contribution is 0.334. The minimum absolute atomic E-state index is 0.0252. The van der Waals surface area contributed by atoms with Gasteiger partial charge in [-0.15, -0.1) is 0 Å². The molecule has 0 aliphatic carbocycles. The van der Waals surface area contributed by atoms with Crippen LogP contribution in [0.15, 0.2) is 46.9 Å². The van der Waals surface area contributed by atoms with Crippen molar-refractivity contribution < 1.29 is 9.47 Å². The predicted molar refractivity (Wildman–Crippen MR) is 89.2 cm³/mol. The van der Waals surface area contributed by atoms with Crippen LogP contribution in [0.25, 0.3) is 0 Å². The molecule has 4 heteroatoms. The van der Waals surface area contributed by atoms with E-state index in [9.17, 15) is 0 Å². The Labute approximate surface area is 134 Å². The highest BCUT2D eigenvalue weighted by molar-refractivity contribution is 9.10. The maximum absolute atomic E-state index is 5.75. The molecule has 0 aliphatic heterocycles. The van der Waals surface area contributed by atoms with Gasteiger partial charge in [-0.25, -0.2) is 0 Å². The molecule has 0 spiro atoms. The fourth-order valence-corrected chi connectivity index (χ4v) is 2.83. The average Bonchev–Trinajstić information content (AvgIpc) is 2.51. The summed E-state index contributed by atoms with van der Waals surface area (Å²) >= 11 is 3.63. The number of rotatable bonds is 6. The first-order valence-electron chi connectivity index (χ1n) is 6.93. The third kappa shape index (κ3) is 3.57. The summed E-state index contributed by atoms with van der Waals surface area (Å²) < 4.78 is 12.1. The van der Waals surface area contributed by atoms with Crippen molar-refractivity contribution in [2.45, 2.75) is 13.0 Å². The summed E-state index contributed by atoms with van der Waals surface area (Å²) in [6, 6.07) is 14.1. The van der Waals surface area contributed by atoms with E-state index in [1.165, 1.54) is 0 Å². The van der Waals surface area contributed by atoms with Crippen LogP contribution in [0.5, 0.6) is 11.5 Å². The van der Waals surface area contributed by atoms with E-state index >= 15 is 0 Å². The first kappa shape index (κ1) is 15.9. The van der Waals surface area contributed by atoms with E-state index in [-0.39, 0.29) is 6.04 Å². The minimum atomic E-state index is 0.0252. The molecule has 1 atom stereocenters. The summed E-state index contributed by atoms with van der Waals surface area (Å²) in [6.07, 6.45) is 0. The van der Waals surface area contributed by atoms with Gasteiger partial charge in [0.25, 0.3) is 0 Å². The van der Waals surface area contributed by atoms with Gasteiger partial charge in [-0.2, -0.15) is 0 Å². The van der Waals surface area contributed by atoms with E-state index in [1.54, 1.807) is 7.11 Å². The van der Waals surface area contributed by atoms with Crippen LogP contribution in [-0.2, 0) is 0 Å². The third-order valence-corrected chi connectivity index (χ3v) is 4.05. The van der Waals surface area contributed by atoms with E-state index in [0.29, 0.717) is 6.61 Å². The van der Waals surface area contributed by atoms with Crippen molar-refractivity contribution in [2.75, 3.05) is 20.8 Å². The molecule has 0 saturated carbocycles. The Hall–Kier alpha value is -1.52. The largest absolute Gasteiger partial charge is 0.497 e. The number of halogens is 1. The number of methoxy groups -OCH3 is 1. The maximum Gasteiger partial charge on any atom is 0.124 e.